The number of anilines is 1. The third-order valence-corrected chi connectivity index (χ3v) is 2.21. The zero-order valence-corrected chi connectivity index (χ0v) is 8.05. The lowest BCUT2D eigenvalue weighted by molar-refractivity contribution is 0.470. The average Bonchev–Trinajstić information content (AvgIpc) is 2.00. The van der Waals surface area contributed by atoms with Crippen LogP contribution in [-0.2, 0) is 0 Å². The molecule has 0 heterocycles. The molecule has 0 saturated carbocycles. The van der Waals surface area contributed by atoms with Gasteiger partial charge in [0.25, 0.3) is 0 Å². The van der Waals surface area contributed by atoms with Crippen LogP contribution in [0, 0.1) is 13.8 Å². The quantitative estimate of drug-likeness (QED) is 0.688. The maximum absolute atomic E-state index is 9.39. The molecule has 2 heteroatoms. The highest BCUT2D eigenvalue weighted by Crippen LogP contribution is 2.27. The molecular weight excluding hydrogens is 150 g/mol. The summed E-state index contributed by atoms with van der Waals surface area (Å²) in [6, 6.07) is 3.66. The summed E-state index contributed by atoms with van der Waals surface area (Å²) >= 11 is 0. The number of rotatable bonds is 1. The van der Waals surface area contributed by atoms with E-state index in [1.807, 2.05) is 38.9 Å². The Hall–Kier alpha value is -1.18. The monoisotopic (exact) mass is 165 g/mol. The van der Waals surface area contributed by atoms with Crippen LogP contribution in [0.2, 0.25) is 0 Å². The molecule has 0 unspecified atom stereocenters. The third kappa shape index (κ3) is 1.37. The molecule has 2 nitrogen and oxygen atoms in total. The van der Waals surface area contributed by atoms with Crippen molar-refractivity contribution in [1.82, 2.24) is 0 Å². The molecule has 1 rings (SSSR count). The molecule has 1 N–H and O–H groups in total. The second-order valence-electron chi connectivity index (χ2n) is 3.25. The molecule has 0 atom stereocenters. The Bertz CT molecular complexity index is 292. The first-order valence-corrected chi connectivity index (χ1v) is 4.00. The Morgan fingerprint density at radius 3 is 2.17 bits per heavy atom. The standard InChI is InChI=1S/C10H15NO/c1-7-8(2)10(12)6-5-9(7)11(3)4/h5-6,12H,1-4H3. The minimum Gasteiger partial charge on any atom is -0.508 e. The van der Waals surface area contributed by atoms with Gasteiger partial charge in [-0.25, -0.2) is 0 Å². The van der Waals surface area contributed by atoms with Gasteiger partial charge in [-0.3, -0.25) is 0 Å². The molecule has 0 saturated heterocycles. The zero-order valence-electron chi connectivity index (χ0n) is 8.05. The molecule has 0 aliphatic rings. The van der Waals surface area contributed by atoms with E-state index in [-0.39, 0.29) is 0 Å². The first-order chi connectivity index (χ1) is 5.54. The van der Waals surface area contributed by atoms with Crippen molar-refractivity contribution >= 4 is 5.69 Å². The highest BCUT2D eigenvalue weighted by atomic mass is 16.3. The van der Waals surface area contributed by atoms with Crippen molar-refractivity contribution in [1.29, 1.82) is 0 Å². The van der Waals surface area contributed by atoms with Gasteiger partial charge in [0.15, 0.2) is 0 Å². The normalized spacial score (nSPS) is 10.0. The van der Waals surface area contributed by atoms with Crippen molar-refractivity contribution in [3.63, 3.8) is 0 Å². The van der Waals surface area contributed by atoms with Crippen LogP contribution in [0.1, 0.15) is 11.1 Å². The fourth-order valence-corrected chi connectivity index (χ4v) is 1.28. The molecule has 1 aromatic carbocycles. The molecule has 12 heavy (non-hydrogen) atoms. The van der Waals surface area contributed by atoms with Crippen molar-refractivity contribution in [3.8, 4) is 5.75 Å². The van der Waals surface area contributed by atoms with Gasteiger partial charge in [-0.05, 0) is 37.1 Å². The van der Waals surface area contributed by atoms with Gasteiger partial charge in [0, 0.05) is 19.8 Å². The summed E-state index contributed by atoms with van der Waals surface area (Å²) in [5, 5.41) is 9.39. The SMILES string of the molecule is Cc1c(O)ccc(N(C)C)c1C. The predicted molar refractivity (Wildman–Crippen MR) is 51.9 cm³/mol. The highest BCUT2D eigenvalue weighted by Gasteiger charge is 2.05. The Kier molecular flexibility index (Phi) is 2.27. The van der Waals surface area contributed by atoms with Gasteiger partial charge in [0.2, 0.25) is 0 Å². The van der Waals surface area contributed by atoms with Crippen LogP contribution in [-0.4, -0.2) is 19.2 Å². The van der Waals surface area contributed by atoms with Crippen LogP contribution in [0.25, 0.3) is 0 Å². The molecular formula is C10H15NO. The van der Waals surface area contributed by atoms with E-state index in [4.69, 9.17) is 0 Å². The molecule has 0 amide bonds. The van der Waals surface area contributed by atoms with Gasteiger partial charge >= 0.3 is 0 Å². The van der Waals surface area contributed by atoms with E-state index in [0.29, 0.717) is 5.75 Å². The Morgan fingerprint density at radius 1 is 1.08 bits per heavy atom. The van der Waals surface area contributed by atoms with E-state index >= 15 is 0 Å². The minimum atomic E-state index is 0.373. The summed E-state index contributed by atoms with van der Waals surface area (Å²) in [6.07, 6.45) is 0. The van der Waals surface area contributed by atoms with Gasteiger partial charge in [-0.15, -0.1) is 0 Å². The maximum Gasteiger partial charge on any atom is 0.118 e. The van der Waals surface area contributed by atoms with Crippen LogP contribution < -0.4 is 4.90 Å². The summed E-state index contributed by atoms with van der Waals surface area (Å²) in [7, 11) is 4.00. The third-order valence-electron chi connectivity index (χ3n) is 2.21. The van der Waals surface area contributed by atoms with Crippen molar-refractivity contribution in [2.45, 2.75) is 13.8 Å². The summed E-state index contributed by atoms with van der Waals surface area (Å²) in [5.41, 5.74) is 3.26. The minimum absolute atomic E-state index is 0.373. The lowest BCUT2D eigenvalue weighted by Gasteiger charge is -2.17. The van der Waals surface area contributed by atoms with Crippen molar-refractivity contribution < 1.29 is 5.11 Å². The van der Waals surface area contributed by atoms with Crippen molar-refractivity contribution in [3.05, 3.63) is 23.3 Å². The van der Waals surface area contributed by atoms with Crippen molar-refractivity contribution in [2.24, 2.45) is 0 Å². The van der Waals surface area contributed by atoms with E-state index in [2.05, 4.69) is 0 Å². The number of nitrogens with zero attached hydrogens (tertiary/aromatic N) is 1. The first-order valence-electron chi connectivity index (χ1n) is 4.00. The molecule has 0 radical (unpaired) electrons. The van der Waals surface area contributed by atoms with E-state index < -0.39 is 0 Å². The maximum atomic E-state index is 9.39. The number of aromatic hydroxyl groups is 1. The summed E-state index contributed by atoms with van der Waals surface area (Å²) < 4.78 is 0. The van der Waals surface area contributed by atoms with Gasteiger partial charge in [-0.2, -0.15) is 0 Å². The summed E-state index contributed by atoms with van der Waals surface area (Å²) in [4.78, 5) is 2.04. The molecule has 0 fully saturated rings. The second-order valence-corrected chi connectivity index (χ2v) is 3.25. The Labute approximate surface area is 73.4 Å². The van der Waals surface area contributed by atoms with Gasteiger partial charge in [-0.1, -0.05) is 0 Å². The number of phenols is 1. The van der Waals surface area contributed by atoms with E-state index in [9.17, 15) is 5.11 Å². The van der Waals surface area contributed by atoms with Gasteiger partial charge in [0.1, 0.15) is 5.75 Å². The molecule has 0 aliphatic heterocycles. The van der Waals surface area contributed by atoms with Crippen LogP contribution in [0.4, 0.5) is 5.69 Å². The topological polar surface area (TPSA) is 23.5 Å². The number of phenolic OH excluding ortho intramolecular Hbond substituents is 1. The predicted octanol–water partition coefficient (Wildman–Crippen LogP) is 2.08. The molecule has 0 aromatic heterocycles. The van der Waals surface area contributed by atoms with Gasteiger partial charge in [0.05, 0.1) is 0 Å². The van der Waals surface area contributed by atoms with Crippen LogP contribution >= 0.6 is 0 Å². The Balaban J connectivity index is 3.27. The van der Waals surface area contributed by atoms with Crippen molar-refractivity contribution in [2.75, 3.05) is 19.0 Å². The molecule has 66 valence electrons. The second kappa shape index (κ2) is 3.05. The average molecular weight is 165 g/mol. The molecule has 0 aliphatic carbocycles. The van der Waals surface area contributed by atoms with Gasteiger partial charge < -0.3 is 10.0 Å². The smallest absolute Gasteiger partial charge is 0.118 e. The molecule has 0 spiro atoms. The molecule has 1 aromatic rings. The lowest BCUT2D eigenvalue weighted by atomic mass is 10.1. The first kappa shape index (κ1) is 8.91. The number of hydrogen-bond donors (Lipinski definition) is 1. The van der Waals surface area contributed by atoms with E-state index in [1.165, 1.54) is 0 Å². The summed E-state index contributed by atoms with van der Waals surface area (Å²) in [5.74, 6) is 0.373. The van der Waals surface area contributed by atoms with E-state index in [1.54, 1.807) is 6.07 Å². The van der Waals surface area contributed by atoms with Crippen LogP contribution in [0.5, 0.6) is 5.75 Å². The highest BCUT2D eigenvalue weighted by molar-refractivity contribution is 5.58. The number of benzene rings is 1. The number of hydrogen-bond acceptors (Lipinski definition) is 2. The van der Waals surface area contributed by atoms with Crippen LogP contribution in [0.15, 0.2) is 12.1 Å². The van der Waals surface area contributed by atoms with Crippen LogP contribution in [0.3, 0.4) is 0 Å². The molecule has 0 bridgehead atoms. The fraction of sp³-hybridized carbons (Fsp3) is 0.400. The lowest BCUT2D eigenvalue weighted by Crippen LogP contribution is -2.10. The summed E-state index contributed by atoms with van der Waals surface area (Å²) in [6.45, 7) is 3.95. The van der Waals surface area contributed by atoms with E-state index in [0.717, 1.165) is 16.8 Å². The largest absolute Gasteiger partial charge is 0.508 e. The Morgan fingerprint density at radius 2 is 1.67 bits per heavy atom. The fourth-order valence-electron chi connectivity index (χ4n) is 1.28. The zero-order chi connectivity index (χ0) is 9.30.